The molecule has 2 aliphatic rings. The highest BCUT2D eigenvalue weighted by atomic mass is 16.5. The van der Waals surface area contributed by atoms with Crippen LogP contribution in [0.4, 0.5) is 5.69 Å². The Morgan fingerprint density at radius 3 is 3.00 bits per heavy atom. The van der Waals surface area contributed by atoms with Crippen molar-refractivity contribution in [2.75, 3.05) is 31.6 Å². The Morgan fingerprint density at radius 1 is 1.38 bits per heavy atom. The number of nitrogens with two attached hydrogens (primary N) is 1. The van der Waals surface area contributed by atoms with E-state index in [1.54, 1.807) is 4.90 Å². The molecule has 2 amide bonds. The van der Waals surface area contributed by atoms with Gasteiger partial charge in [-0.25, -0.2) is 0 Å². The Hall–Kier alpha value is -2.08. The standard InChI is InChI=1S/C15H19N3O3/c16-15(20)13-9-21-6-5-18(13)14(19)7-10-8-17-12-4-2-1-3-11(10)12/h1-4,10,13,17H,5-9H2,(H2,16,20). The highest BCUT2D eigenvalue weighted by Gasteiger charge is 2.33. The lowest BCUT2D eigenvalue weighted by molar-refractivity contribution is -0.147. The van der Waals surface area contributed by atoms with Gasteiger partial charge in [-0.3, -0.25) is 9.59 Å². The molecule has 6 heteroatoms. The third-order valence-corrected chi connectivity index (χ3v) is 4.14. The number of benzene rings is 1. The molecule has 1 aromatic carbocycles. The van der Waals surface area contributed by atoms with Gasteiger partial charge in [-0.2, -0.15) is 0 Å². The Bertz CT molecular complexity index is 561. The minimum absolute atomic E-state index is 0.0365. The van der Waals surface area contributed by atoms with Crippen molar-refractivity contribution in [1.29, 1.82) is 0 Å². The van der Waals surface area contributed by atoms with Gasteiger partial charge in [0.05, 0.1) is 13.2 Å². The van der Waals surface area contributed by atoms with E-state index in [0.717, 1.165) is 17.8 Å². The lowest BCUT2D eigenvalue weighted by atomic mass is 9.97. The molecule has 0 aliphatic carbocycles. The first-order chi connectivity index (χ1) is 10.2. The lowest BCUT2D eigenvalue weighted by Crippen LogP contribution is -2.54. The molecule has 3 rings (SSSR count). The summed E-state index contributed by atoms with van der Waals surface area (Å²) in [5.74, 6) is -0.399. The molecule has 1 aromatic rings. The molecule has 21 heavy (non-hydrogen) atoms. The lowest BCUT2D eigenvalue weighted by Gasteiger charge is -2.34. The quantitative estimate of drug-likeness (QED) is 0.838. The number of hydrogen-bond acceptors (Lipinski definition) is 4. The van der Waals surface area contributed by atoms with E-state index in [1.165, 1.54) is 0 Å². The van der Waals surface area contributed by atoms with Crippen molar-refractivity contribution in [2.24, 2.45) is 5.73 Å². The Morgan fingerprint density at radius 2 is 2.19 bits per heavy atom. The molecule has 0 spiro atoms. The summed E-state index contributed by atoms with van der Waals surface area (Å²) in [6, 6.07) is 7.36. The summed E-state index contributed by atoms with van der Waals surface area (Å²) in [4.78, 5) is 25.5. The minimum atomic E-state index is -0.643. The third kappa shape index (κ3) is 2.71. The van der Waals surface area contributed by atoms with Gasteiger partial charge in [-0.15, -0.1) is 0 Å². The first kappa shape index (κ1) is 13.9. The number of rotatable bonds is 3. The molecule has 112 valence electrons. The maximum atomic E-state index is 12.5. The van der Waals surface area contributed by atoms with Gasteiger partial charge in [0.25, 0.3) is 0 Å². The molecule has 3 N–H and O–H groups in total. The molecular formula is C15H19N3O3. The van der Waals surface area contributed by atoms with Crippen LogP contribution in [0.15, 0.2) is 24.3 Å². The molecule has 6 nitrogen and oxygen atoms in total. The first-order valence-corrected chi connectivity index (χ1v) is 7.16. The summed E-state index contributed by atoms with van der Waals surface area (Å²) in [5, 5.41) is 3.31. The van der Waals surface area contributed by atoms with E-state index >= 15 is 0 Å². The van der Waals surface area contributed by atoms with Crippen LogP contribution in [-0.2, 0) is 14.3 Å². The average molecular weight is 289 g/mol. The van der Waals surface area contributed by atoms with E-state index in [2.05, 4.69) is 5.32 Å². The van der Waals surface area contributed by atoms with Crippen molar-refractivity contribution in [1.82, 2.24) is 4.90 Å². The summed E-state index contributed by atoms with van der Waals surface area (Å²) in [5.41, 5.74) is 7.60. The predicted molar refractivity (Wildman–Crippen MR) is 77.8 cm³/mol. The zero-order valence-electron chi connectivity index (χ0n) is 11.7. The van der Waals surface area contributed by atoms with Crippen LogP contribution >= 0.6 is 0 Å². The van der Waals surface area contributed by atoms with Gasteiger partial charge in [-0.05, 0) is 11.6 Å². The van der Waals surface area contributed by atoms with E-state index in [1.807, 2.05) is 24.3 Å². The second kappa shape index (κ2) is 5.73. The topological polar surface area (TPSA) is 84.7 Å². The van der Waals surface area contributed by atoms with Crippen molar-refractivity contribution >= 4 is 17.5 Å². The molecule has 1 saturated heterocycles. The number of nitrogens with zero attached hydrogens (tertiary/aromatic N) is 1. The largest absolute Gasteiger partial charge is 0.384 e. The number of primary amides is 1. The van der Waals surface area contributed by atoms with Crippen LogP contribution in [0.5, 0.6) is 0 Å². The number of anilines is 1. The van der Waals surface area contributed by atoms with Crippen LogP contribution < -0.4 is 11.1 Å². The van der Waals surface area contributed by atoms with Crippen molar-refractivity contribution in [3.8, 4) is 0 Å². The van der Waals surface area contributed by atoms with Crippen LogP contribution in [0.25, 0.3) is 0 Å². The number of ether oxygens (including phenoxy) is 1. The number of carbonyl (C=O) groups excluding carboxylic acids is 2. The van der Waals surface area contributed by atoms with Gasteiger partial charge in [0.2, 0.25) is 11.8 Å². The molecule has 1 fully saturated rings. The van der Waals surface area contributed by atoms with E-state index < -0.39 is 11.9 Å². The monoisotopic (exact) mass is 289 g/mol. The first-order valence-electron chi connectivity index (χ1n) is 7.16. The fourth-order valence-electron chi connectivity index (χ4n) is 3.01. The smallest absolute Gasteiger partial charge is 0.242 e. The second-order valence-corrected chi connectivity index (χ2v) is 5.45. The SMILES string of the molecule is NC(=O)C1COCCN1C(=O)CC1CNc2ccccc21. The number of fused-ring (bicyclic) bond motifs is 1. The van der Waals surface area contributed by atoms with Gasteiger partial charge < -0.3 is 20.7 Å². The van der Waals surface area contributed by atoms with Gasteiger partial charge in [0, 0.05) is 31.1 Å². The number of morpholine rings is 1. The Labute approximate surface area is 123 Å². The Kier molecular flexibility index (Phi) is 3.79. The zero-order valence-corrected chi connectivity index (χ0v) is 11.7. The zero-order chi connectivity index (χ0) is 14.8. The van der Waals surface area contributed by atoms with Crippen molar-refractivity contribution in [3.63, 3.8) is 0 Å². The number of hydrogen-bond donors (Lipinski definition) is 2. The van der Waals surface area contributed by atoms with E-state index in [9.17, 15) is 9.59 Å². The fraction of sp³-hybridized carbons (Fsp3) is 0.467. The normalized spacial score (nSPS) is 24.3. The maximum Gasteiger partial charge on any atom is 0.242 e. The van der Waals surface area contributed by atoms with Gasteiger partial charge in [0.15, 0.2) is 0 Å². The van der Waals surface area contributed by atoms with Crippen LogP contribution in [0, 0.1) is 0 Å². The minimum Gasteiger partial charge on any atom is -0.384 e. The molecule has 2 heterocycles. The number of carbonyl (C=O) groups is 2. The maximum absolute atomic E-state index is 12.5. The number of para-hydroxylation sites is 1. The van der Waals surface area contributed by atoms with Crippen LogP contribution in [-0.4, -0.2) is 49.1 Å². The summed E-state index contributed by atoms with van der Waals surface area (Å²) < 4.78 is 5.24. The van der Waals surface area contributed by atoms with Crippen molar-refractivity contribution < 1.29 is 14.3 Å². The molecule has 0 aromatic heterocycles. The molecule has 2 atom stereocenters. The highest BCUT2D eigenvalue weighted by molar-refractivity contribution is 5.87. The summed E-state index contributed by atoms with van der Waals surface area (Å²) >= 11 is 0. The second-order valence-electron chi connectivity index (χ2n) is 5.45. The molecule has 0 bridgehead atoms. The molecule has 0 radical (unpaired) electrons. The molecular weight excluding hydrogens is 270 g/mol. The summed E-state index contributed by atoms with van der Waals surface area (Å²) in [6.45, 7) is 1.82. The fourth-order valence-corrected chi connectivity index (χ4v) is 3.01. The highest BCUT2D eigenvalue weighted by Crippen LogP contribution is 2.33. The summed E-state index contributed by atoms with van der Waals surface area (Å²) in [6.07, 6.45) is 0.383. The van der Waals surface area contributed by atoms with Crippen LogP contribution in [0.3, 0.4) is 0 Å². The van der Waals surface area contributed by atoms with Gasteiger partial charge in [-0.1, -0.05) is 18.2 Å². The average Bonchev–Trinajstić information content (AvgIpc) is 2.90. The van der Waals surface area contributed by atoms with Crippen molar-refractivity contribution in [2.45, 2.75) is 18.4 Å². The van der Waals surface area contributed by atoms with Gasteiger partial charge >= 0.3 is 0 Å². The van der Waals surface area contributed by atoms with Crippen LogP contribution in [0.1, 0.15) is 17.9 Å². The third-order valence-electron chi connectivity index (χ3n) is 4.14. The number of amides is 2. The number of nitrogens with one attached hydrogen (secondary N) is 1. The van der Waals surface area contributed by atoms with E-state index in [-0.39, 0.29) is 18.4 Å². The predicted octanol–water partition coefficient (Wildman–Crippen LogP) is 0.299. The van der Waals surface area contributed by atoms with Gasteiger partial charge in [0.1, 0.15) is 6.04 Å². The van der Waals surface area contributed by atoms with E-state index in [0.29, 0.717) is 19.6 Å². The molecule has 2 unspecified atom stereocenters. The molecule has 0 saturated carbocycles. The summed E-state index contributed by atoms with van der Waals surface area (Å²) in [7, 11) is 0. The molecule has 2 aliphatic heterocycles. The van der Waals surface area contributed by atoms with Crippen LogP contribution in [0.2, 0.25) is 0 Å². The van der Waals surface area contributed by atoms with E-state index in [4.69, 9.17) is 10.5 Å². The Balaban J connectivity index is 1.70. The van der Waals surface area contributed by atoms with Crippen molar-refractivity contribution in [3.05, 3.63) is 29.8 Å².